The summed E-state index contributed by atoms with van der Waals surface area (Å²) >= 11 is 6.52. The first-order valence-electron chi connectivity index (χ1n) is 5.46. The molecule has 1 heterocycles. The van der Waals surface area contributed by atoms with Crippen LogP contribution in [0.4, 0.5) is 9.52 Å². The van der Waals surface area contributed by atoms with E-state index in [1.165, 1.54) is 18.2 Å². The SMILES string of the molecule is Cc1nc(N)sc1S(=O)(=O)NCc1ccc(F)c(Cl)c1. The summed E-state index contributed by atoms with van der Waals surface area (Å²) in [6.07, 6.45) is 0. The van der Waals surface area contributed by atoms with Crippen LogP contribution in [0, 0.1) is 12.7 Å². The van der Waals surface area contributed by atoms with E-state index in [-0.39, 0.29) is 20.9 Å². The molecule has 0 fully saturated rings. The number of nitrogens with two attached hydrogens (primary N) is 1. The molecule has 0 amide bonds. The second-order valence-electron chi connectivity index (χ2n) is 4.00. The maximum absolute atomic E-state index is 13.0. The van der Waals surface area contributed by atoms with Crippen molar-refractivity contribution in [3.63, 3.8) is 0 Å². The number of nitrogen functional groups attached to an aromatic ring is 1. The largest absolute Gasteiger partial charge is 0.375 e. The summed E-state index contributed by atoms with van der Waals surface area (Å²) in [5.41, 5.74) is 6.37. The molecule has 3 N–H and O–H groups in total. The quantitative estimate of drug-likeness (QED) is 0.897. The van der Waals surface area contributed by atoms with Gasteiger partial charge in [-0.1, -0.05) is 29.0 Å². The number of aryl methyl sites for hydroxylation is 1. The number of aromatic nitrogens is 1. The van der Waals surface area contributed by atoms with E-state index in [9.17, 15) is 12.8 Å². The zero-order valence-electron chi connectivity index (χ0n) is 10.4. The van der Waals surface area contributed by atoms with Crippen molar-refractivity contribution >= 4 is 38.1 Å². The normalized spacial score (nSPS) is 11.8. The minimum atomic E-state index is -3.70. The summed E-state index contributed by atoms with van der Waals surface area (Å²) in [5, 5.41) is 0.132. The average Bonchev–Trinajstić information content (AvgIpc) is 2.71. The van der Waals surface area contributed by atoms with Crippen LogP contribution >= 0.6 is 22.9 Å². The van der Waals surface area contributed by atoms with Crippen molar-refractivity contribution in [2.24, 2.45) is 0 Å². The van der Waals surface area contributed by atoms with Gasteiger partial charge in [0.1, 0.15) is 5.82 Å². The fourth-order valence-electron chi connectivity index (χ4n) is 1.55. The summed E-state index contributed by atoms with van der Waals surface area (Å²) in [4.78, 5) is 3.86. The maximum Gasteiger partial charge on any atom is 0.252 e. The van der Waals surface area contributed by atoms with Crippen LogP contribution in [-0.4, -0.2) is 13.4 Å². The molecule has 0 atom stereocenters. The predicted octanol–water partition coefficient (Wildman–Crippen LogP) is 2.30. The van der Waals surface area contributed by atoms with Gasteiger partial charge in [-0.15, -0.1) is 0 Å². The fourth-order valence-corrected chi connectivity index (χ4v) is 4.11. The Morgan fingerprint density at radius 1 is 1.50 bits per heavy atom. The smallest absolute Gasteiger partial charge is 0.252 e. The van der Waals surface area contributed by atoms with E-state index < -0.39 is 15.8 Å². The van der Waals surface area contributed by atoms with E-state index in [4.69, 9.17) is 17.3 Å². The summed E-state index contributed by atoms with van der Waals surface area (Å²) in [7, 11) is -3.70. The Kier molecular flexibility index (Phi) is 4.28. The van der Waals surface area contributed by atoms with Gasteiger partial charge in [-0.25, -0.2) is 22.5 Å². The van der Waals surface area contributed by atoms with Crippen LogP contribution in [0.3, 0.4) is 0 Å². The molecular formula is C11H11ClFN3O2S2. The number of nitrogens with zero attached hydrogens (tertiary/aromatic N) is 1. The molecule has 108 valence electrons. The van der Waals surface area contributed by atoms with Crippen LogP contribution in [-0.2, 0) is 16.6 Å². The number of halogens is 2. The van der Waals surface area contributed by atoms with Crippen molar-refractivity contribution in [2.45, 2.75) is 17.7 Å². The lowest BCUT2D eigenvalue weighted by atomic mass is 10.2. The molecule has 0 saturated carbocycles. The van der Waals surface area contributed by atoms with Crippen molar-refractivity contribution in [2.75, 3.05) is 5.73 Å². The van der Waals surface area contributed by atoms with Crippen molar-refractivity contribution in [3.05, 3.63) is 40.3 Å². The van der Waals surface area contributed by atoms with Gasteiger partial charge in [0.15, 0.2) is 9.34 Å². The first-order valence-corrected chi connectivity index (χ1v) is 8.14. The predicted molar refractivity (Wildman–Crippen MR) is 76.7 cm³/mol. The minimum absolute atomic E-state index is 0.000419. The van der Waals surface area contributed by atoms with Gasteiger partial charge in [0.2, 0.25) is 0 Å². The number of hydrogen-bond donors (Lipinski definition) is 2. The fraction of sp³-hybridized carbons (Fsp3) is 0.182. The third-order valence-corrected chi connectivity index (χ3v) is 5.75. The van der Waals surface area contributed by atoms with E-state index >= 15 is 0 Å². The van der Waals surface area contributed by atoms with E-state index in [2.05, 4.69) is 9.71 Å². The highest BCUT2D eigenvalue weighted by atomic mass is 35.5. The van der Waals surface area contributed by atoms with Crippen LogP contribution in [0.5, 0.6) is 0 Å². The minimum Gasteiger partial charge on any atom is -0.375 e. The number of benzene rings is 1. The molecule has 0 spiro atoms. The molecule has 1 aromatic carbocycles. The van der Waals surface area contributed by atoms with Gasteiger partial charge in [0.05, 0.1) is 10.7 Å². The second-order valence-corrected chi connectivity index (χ2v) is 7.40. The Hall–Kier alpha value is -1.22. The van der Waals surface area contributed by atoms with Crippen molar-refractivity contribution in [1.82, 2.24) is 9.71 Å². The van der Waals surface area contributed by atoms with Gasteiger partial charge in [-0.3, -0.25) is 0 Å². The summed E-state index contributed by atoms with van der Waals surface area (Å²) < 4.78 is 39.6. The first kappa shape index (κ1) is 15.2. The molecule has 0 aliphatic rings. The van der Waals surface area contributed by atoms with Gasteiger partial charge in [-0.05, 0) is 24.6 Å². The molecule has 0 bridgehead atoms. The monoisotopic (exact) mass is 335 g/mol. The molecule has 0 aliphatic heterocycles. The molecule has 0 aliphatic carbocycles. The van der Waals surface area contributed by atoms with Gasteiger partial charge >= 0.3 is 0 Å². The number of hydrogen-bond acceptors (Lipinski definition) is 5. The Labute approximate surface area is 124 Å². The Morgan fingerprint density at radius 3 is 2.75 bits per heavy atom. The number of nitrogens with one attached hydrogen (secondary N) is 1. The van der Waals surface area contributed by atoms with E-state index in [0.717, 1.165) is 11.3 Å². The van der Waals surface area contributed by atoms with E-state index in [1.807, 2.05) is 0 Å². The summed E-state index contributed by atoms with van der Waals surface area (Å²) in [5.74, 6) is -0.552. The second kappa shape index (κ2) is 5.65. The van der Waals surface area contributed by atoms with Crippen LogP contribution in [0.25, 0.3) is 0 Å². The Balaban J connectivity index is 2.17. The van der Waals surface area contributed by atoms with Crippen LogP contribution in [0.1, 0.15) is 11.3 Å². The van der Waals surface area contributed by atoms with Crippen molar-refractivity contribution in [3.8, 4) is 0 Å². The molecule has 1 aromatic heterocycles. The van der Waals surface area contributed by atoms with Gasteiger partial charge in [0.25, 0.3) is 10.0 Å². The van der Waals surface area contributed by atoms with Crippen molar-refractivity contribution in [1.29, 1.82) is 0 Å². The first-order chi connectivity index (χ1) is 9.29. The number of anilines is 1. The average molecular weight is 336 g/mol. The molecule has 0 unspecified atom stereocenters. The number of rotatable bonds is 4. The molecule has 9 heteroatoms. The molecule has 20 heavy (non-hydrogen) atoms. The van der Waals surface area contributed by atoms with Crippen LogP contribution in [0.2, 0.25) is 5.02 Å². The lowest BCUT2D eigenvalue weighted by molar-refractivity contribution is 0.582. The van der Waals surface area contributed by atoms with Gasteiger partial charge in [-0.2, -0.15) is 0 Å². The zero-order valence-corrected chi connectivity index (χ0v) is 12.7. The zero-order chi connectivity index (χ0) is 14.9. The van der Waals surface area contributed by atoms with Crippen LogP contribution in [0.15, 0.2) is 22.4 Å². The molecule has 2 rings (SSSR count). The number of thiazole rings is 1. The molecule has 2 aromatic rings. The summed E-state index contributed by atoms with van der Waals surface area (Å²) in [6.45, 7) is 1.57. The molecular weight excluding hydrogens is 325 g/mol. The molecule has 5 nitrogen and oxygen atoms in total. The standard InChI is InChI=1S/C11H11ClFN3O2S2/c1-6-10(19-11(14)16-6)20(17,18)15-5-7-2-3-9(13)8(12)4-7/h2-4,15H,5H2,1H3,(H2,14,16). The van der Waals surface area contributed by atoms with E-state index in [0.29, 0.717) is 11.3 Å². The lowest BCUT2D eigenvalue weighted by Crippen LogP contribution is -2.23. The highest BCUT2D eigenvalue weighted by molar-refractivity contribution is 7.91. The Morgan fingerprint density at radius 2 is 2.20 bits per heavy atom. The lowest BCUT2D eigenvalue weighted by Gasteiger charge is -2.06. The maximum atomic E-state index is 13.0. The highest BCUT2D eigenvalue weighted by Gasteiger charge is 2.20. The van der Waals surface area contributed by atoms with Gasteiger partial charge < -0.3 is 5.73 Å². The van der Waals surface area contributed by atoms with E-state index in [1.54, 1.807) is 6.92 Å². The third-order valence-electron chi connectivity index (χ3n) is 2.46. The van der Waals surface area contributed by atoms with Crippen LogP contribution < -0.4 is 10.5 Å². The Bertz CT molecular complexity index is 746. The third kappa shape index (κ3) is 3.26. The number of sulfonamides is 1. The van der Waals surface area contributed by atoms with Gasteiger partial charge in [0, 0.05) is 6.54 Å². The highest BCUT2D eigenvalue weighted by Crippen LogP contribution is 2.25. The molecule has 0 saturated heterocycles. The van der Waals surface area contributed by atoms with Crippen molar-refractivity contribution < 1.29 is 12.8 Å². The topological polar surface area (TPSA) is 85.1 Å². The molecule has 0 radical (unpaired) electrons. The summed E-state index contributed by atoms with van der Waals surface area (Å²) in [6, 6.07) is 4.01.